The number of nitriles is 1. The summed E-state index contributed by atoms with van der Waals surface area (Å²) in [4.78, 5) is 11.5. The van der Waals surface area contributed by atoms with E-state index >= 15 is 0 Å². The zero-order valence-corrected chi connectivity index (χ0v) is 15.5. The first kappa shape index (κ1) is 18.9. The highest BCUT2D eigenvalue weighted by Crippen LogP contribution is 2.44. The van der Waals surface area contributed by atoms with Crippen molar-refractivity contribution >= 4 is 15.8 Å². The maximum atomic E-state index is 13.6. The fourth-order valence-corrected chi connectivity index (χ4v) is 4.17. The highest BCUT2D eigenvalue weighted by molar-refractivity contribution is 7.90. The number of halogens is 1. The minimum Gasteiger partial charge on any atom is -0.458 e. The molecule has 0 bridgehead atoms. The summed E-state index contributed by atoms with van der Waals surface area (Å²) in [6.45, 7) is 1.26. The number of sulfone groups is 1. The predicted octanol–water partition coefficient (Wildman–Crippen LogP) is 3.44. The fraction of sp³-hybridized carbons (Fsp3) is 0.263. The topological polar surface area (TPSA) is 93.5 Å². The van der Waals surface area contributed by atoms with Crippen LogP contribution < -0.4 is 4.74 Å². The average molecular weight is 389 g/mol. The minimum atomic E-state index is -3.55. The van der Waals surface area contributed by atoms with Crippen molar-refractivity contribution in [2.45, 2.75) is 30.8 Å². The SMILES string of the molecule is CC(=O)O[C@@H]1CCc2c(Oc3cc(F)cc(C#N)c3)ccc(S(C)(=O)=O)c21. The van der Waals surface area contributed by atoms with Gasteiger partial charge in [0.25, 0.3) is 0 Å². The van der Waals surface area contributed by atoms with E-state index in [1.165, 1.54) is 25.1 Å². The number of carbonyl (C=O) groups excluding carboxylic acids is 1. The van der Waals surface area contributed by atoms with E-state index in [2.05, 4.69) is 0 Å². The van der Waals surface area contributed by atoms with Crippen LogP contribution in [0.3, 0.4) is 0 Å². The van der Waals surface area contributed by atoms with Crippen LogP contribution in [0.1, 0.15) is 36.1 Å². The average Bonchev–Trinajstić information content (AvgIpc) is 2.97. The van der Waals surface area contributed by atoms with Gasteiger partial charge in [0.2, 0.25) is 0 Å². The summed E-state index contributed by atoms with van der Waals surface area (Å²) in [6.07, 6.45) is 1.25. The monoisotopic (exact) mass is 389 g/mol. The number of carbonyl (C=O) groups is 1. The molecule has 6 nitrogen and oxygen atoms in total. The third-order valence-corrected chi connectivity index (χ3v) is 5.34. The van der Waals surface area contributed by atoms with Crippen molar-refractivity contribution in [1.29, 1.82) is 5.26 Å². The van der Waals surface area contributed by atoms with Gasteiger partial charge in [-0.1, -0.05) is 0 Å². The fourth-order valence-electron chi connectivity index (χ4n) is 3.20. The normalized spacial score (nSPS) is 15.7. The molecule has 1 atom stereocenters. The van der Waals surface area contributed by atoms with E-state index in [1.54, 1.807) is 0 Å². The quantitative estimate of drug-likeness (QED) is 0.744. The van der Waals surface area contributed by atoms with E-state index in [0.717, 1.165) is 18.4 Å². The second-order valence-corrected chi connectivity index (χ2v) is 8.24. The summed E-state index contributed by atoms with van der Waals surface area (Å²) in [5.41, 5.74) is 1.08. The molecular formula is C19H16FNO5S. The lowest BCUT2D eigenvalue weighted by atomic mass is 10.1. The Balaban J connectivity index is 2.09. The Morgan fingerprint density at radius 1 is 1.30 bits per heavy atom. The van der Waals surface area contributed by atoms with Gasteiger partial charge in [0.05, 0.1) is 16.5 Å². The minimum absolute atomic E-state index is 0.0746. The van der Waals surface area contributed by atoms with Gasteiger partial charge in [-0.3, -0.25) is 4.79 Å². The number of hydrogen-bond acceptors (Lipinski definition) is 6. The lowest BCUT2D eigenvalue weighted by Gasteiger charge is -2.17. The van der Waals surface area contributed by atoms with E-state index < -0.39 is 27.7 Å². The molecule has 140 valence electrons. The third kappa shape index (κ3) is 3.93. The van der Waals surface area contributed by atoms with Crippen LogP contribution >= 0.6 is 0 Å². The van der Waals surface area contributed by atoms with Gasteiger partial charge in [0.15, 0.2) is 9.84 Å². The number of rotatable bonds is 4. The second kappa shape index (κ2) is 7.00. The molecule has 0 aliphatic heterocycles. The van der Waals surface area contributed by atoms with Gasteiger partial charge in [-0.25, -0.2) is 12.8 Å². The van der Waals surface area contributed by atoms with Gasteiger partial charge in [-0.2, -0.15) is 5.26 Å². The molecule has 0 aromatic heterocycles. The zero-order valence-electron chi connectivity index (χ0n) is 14.7. The van der Waals surface area contributed by atoms with E-state index in [0.29, 0.717) is 29.7 Å². The number of nitrogens with zero attached hydrogens (tertiary/aromatic N) is 1. The molecule has 27 heavy (non-hydrogen) atoms. The van der Waals surface area contributed by atoms with E-state index in [1.807, 2.05) is 6.07 Å². The number of fused-ring (bicyclic) bond motifs is 1. The highest BCUT2D eigenvalue weighted by atomic mass is 32.2. The number of ether oxygens (including phenoxy) is 2. The molecule has 0 heterocycles. The maximum Gasteiger partial charge on any atom is 0.303 e. The van der Waals surface area contributed by atoms with Gasteiger partial charge in [0.1, 0.15) is 23.4 Å². The number of esters is 1. The molecule has 2 aromatic carbocycles. The van der Waals surface area contributed by atoms with Crippen LogP contribution in [0.4, 0.5) is 4.39 Å². The van der Waals surface area contributed by atoms with Crippen molar-refractivity contribution in [3.8, 4) is 17.6 Å². The van der Waals surface area contributed by atoms with Crippen LogP contribution in [0.15, 0.2) is 35.2 Å². The van der Waals surface area contributed by atoms with Crippen LogP contribution in [-0.4, -0.2) is 20.6 Å². The Kier molecular flexibility index (Phi) is 4.89. The molecule has 0 spiro atoms. The van der Waals surface area contributed by atoms with Crippen molar-refractivity contribution in [3.05, 3.63) is 52.8 Å². The Hall–Kier alpha value is -2.92. The zero-order chi connectivity index (χ0) is 19.8. The molecule has 0 N–H and O–H groups in total. The van der Waals surface area contributed by atoms with Gasteiger partial charge >= 0.3 is 5.97 Å². The van der Waals surface area contributed by atoms with E-state index in [-0.39, 0.29) is 16.2 Å². The van der Waals surface area contributed by atoms with Gasteiger partial charge < -0.3 is 9.47 Å². The largest absolute Gasteiger partial charge is 0.458 e. The molecule has 0 radical (unpaired) electrons. The summed E-state index contributed by atoms with van der Waals surface area (Å²) < 4.78 is 49.0. The Morgan fingerprint density at radius 3 is 2.67 bits per heavy atom. The second-order valence-electron chi connectivity index (χ2n) is 6.25. The molecule has 3 rings (SSSR count). The summed E-state index contributed by atoms with van der Waals surface area (Å²) in [5.74, 6) is -0.674. The van der Waals surface area contributed by atoms with Crippen LogP contribution in [0.5, 0.6) is 11.5 Å². The first-order valence-electron chi connectivity index (χ1n) is 8.10. The Bertz CT molecular complexity index is 1070. The van der Waals surface area contributed by atoms with Crippen molar-refractivity contribution in [2.24, 2.45) is 0 Å². The standard InChI is InChI=1S/C19H16FNO5S/c1-11(22)25-17-4-3-15-16(5-6-18(19(15)17)27(2,23)24)26-14-8-12(10-21)7-13(20)9-14/h5-9,17H,3-4H2,1-2H3/t17-/m1/s1. The lowest BCUT2D eigenvalue weighted by Crippen LogP contribution is -2.10. The Morgan fingerprint density at radius 2 is 2.04 bits per heavy atom. The van der Waals surface area contributed by atoms with E-state index in [4.69, 9.17) is 14.7 Å². The van der Waals surface area contributed by atoms with Gasteiger partial charge in [-0.05, 0) is 37.1 Å². The van der Waals surface area contributed by atoms with E-state index in [9.17, 15) is 17.6 Å². The first-order chi connectivity index (χ1) is 12.7. The highest BCUT2D eigenvalue weighted by Gasteiger charge is 2.33. The van der Waals surface area contributed by atoms with Crippen LogP contribution in [-0.2, 0) is 25.8 Å². The summed E-state index contributed by atoms with van der Waals surface area (Å²) in [6, 6.07) is 8.33. The van der Waals surface area contributed by atoms with Crippen molar-refractivity contribution in [2.75, 3.05) is 6.26 Å². The molecule has 0 amide bonds. The molecule has 0 fully saturated rings. The molecule has 0 saturated heterocycles. The molecule has 1 aliphatic rings. The van der Waals surface area contributed by atoms with Crippen molar-refractivity contribution < 1.29 is 27.1 Å². The molecule has 8 heteroatoms. The number of hydrogen-bond donors (Lipinski definition) is 0. The summed E-state index contributed by atoms with van der Waals surface area (Å²) >= 11 is 0. The van der Waals surface area contributed by atoms with Crippen LogP contribution in [0.25, 0.3) is 0 Å². The summed E-state index contributed by atoms with van der Waals surface area (Å²) in [7, 11) is -3.55. The molecule has 0 unspecified atom stereocenters. The lowest BCUT2D eigenvalue weighted by molar-refractivity contribution is -0.146. The van der Waals surface area contributed by atoms with Gasteiger partial charge in [0, 0.05) is 30.4 Å². The van der Waals surface area contributed by atoms with Crippen molar-refractivity contribution in [1.82, 2.24) is 0 Å². The molecule has 1 aliphatic carbocycles. The third-order valence-electron chi connectivity index (χ3n) is 4.19. The Labute approximate surface area is 156 Å². The van der Waals surface area contributed by atoms with Crippen LogP contribution in [0.2, 0.25) is 0 Å². The molecule has 2 aromatic rings. The maximum absolute atomic E-state index is 13.6. The van der Waals surface area contributed by atoms with Crippen molar-refractivity contribution in [3.63, 3.8) is 0 Å². The molecule has 0 saturated carbocycles. The van der Waals surface area contributed by atoms with Crippen LogP contribution in [0, 0.1) is 17.1 Å². The number of benzene rings is 2. The predicted molar refractivity (Wildman–Crippen MR) is 93.6 cm³/mol. The smallest absolute Gasteiger partial charge is 0.303 e. The van der Waals surface area contributed by atoms with Gasteiger partial charge in [-0.15, -0.1) is 0 Å². The first-order valence-corrected chi connectivity index (χ1v) is 10.00. The summed E-state index contributed by atoms with van der Waals surface area (Å²) in [5, 5.41) is 8.96. The molecular weight excluding hydrogens is 373 g/mol.